The third-order valence-corrected chi connectivity index (χ3v) is 4.13. The number of nitrogens with two attached hydrogens (primary N) is 1. The SMILES string of the molecule is CCN(Cc1ccccc1N)C(=O)c1cc(C)ccc1Br. The largest absolute Gasteiger partial charge is 0.398 e. The van der Waals surface area contributed by atoms with Gasteiger partial charge in [0.15, 0.2) is 0 Å². The van der Waals surface area contributed by atoms with Crippen molar-refractivity contribution in [2.45, 2.75) is 20.4 Å². The van der Waals surface area contributed by atoms with Gasteiger partial charge in [-0.05, 0) is 53.5 Å². The fourth-order valence-electron chi connectivity index (χ4n) is 2.18. The van der Waals surface area contributed by atoms with Gasteiger partial charge in [0.2, 0.25) is 0 Å². The third-order valence-electron chi connectivity index (χ3n) is 3.44. The molecule has 0 aromatic heterocycles. The highest BCUT2D eigenvalue weighted by atomic mass is 79.9. The van der Waals surface area contributed by atoms with Gasteiger partial charge >= 0.3 is 0 Å². The summed E-state index contributed by atoms with van der Waals surface area (Å²) >= 11 is 3.46. The monoisotopic (exact) mass is 346 g/mol. The number of halogens is 1. The Morgan fingerprint density at radius 3 is 2.62 bits per heavy atom. The summed E-state index contributed by atoms with van der Waals surface area (Å²) in [5.41, 5.74) is 9.41. The zero-order chi connectivity index (χ0) is 15.4. The number of benzene rings is 2. The van der Waals surface area contributed by atoms with Gasteiger partial charge in [-0.25, -0.2) is 0 Å². The van der Waals surface area contributed by atoms with Crippen LogP contribution in [-0.2, 0) is 6.54 Å². The van der Waals surface area contributed by atoms with E-state index in [1.807, 2.05) is 56.3 Å². The molecule has 2 rings (SSSR count). The lowest BCUT2D eigenvalue weighted by Gasteiger charge is -2.22. The lowest BCUT2D eigenvalue weighted by molar-refractivity contribution is 0.0752. The van der Waals surface area contributed by atoms with Crippen molar-refractivity contribution in [1.29, 1.82) is 0 Å². The Balaban J connectivity index is 2.27. The molecule has 2 N–H and O–H groups in total. The molecule has 0 fully saturated rings. The molecular formula is C17H19BrN2O. The average Bonchev–Trinajstić information content (AvgIpc) is 2.48. The molecule has 0 atom stereocenters. The van der Waals surface area contributed by atoms with Crippen LogP contribution < -0.4 is 5.73 Å². The summed E-state index contributed by atoms with van der Waals surface area (Å²) in [6.07, 6.45) is 0. The van der Waals surface area contributed by atoms with Crippen LogP contribution >= 0.6 is 15.9 Å². The van der Waals surface area contributed by atoms with Crippen LogP contribution in [0.15, 0.2) is 46.9 Å². The summed E-state index contributed by atoms with van der Waals surface area (Å²) in [5.74, 6) is 0.0105. The van der Waals surface area contributed by atoms with E-state index in [1.165, 1.54) is 0 Å². The number of amides is 1. The van der Waals surface area contributed by atoms with Crippen LogP contribution in [0.5, 0.6) is 0 Å². The molecule has 4 heteroatoms. The van der Waals surface area contributed by atoms with E-state index in [2.05, 4.69) is 15.9 Å². The molecule has 0 aliphatic carbocycles. The predicted octanol–water partition coefficient (Wildman–Crippen LogP) is 4.00. The van der Waals surface area contributed by atoms with Crippen molar-refractivity contribution in [2.75, 3.05) is 12.3 Å². The molecule has 1 amide bonds. The van der Waals surface area contributed by atoms with E-state index in [0.29, 0.717) is 24.3 Å². The van der Waals surface area contributed by atoms with Crippen LogP contribution in [-0.4, -0.2) is 17.4 Å². The molecule has 21 heavy (non-hydrogen) atoms. The van der Waals surface area contributed by atoms with E-state index in [9.17, 15) is 4.79 Å². The van der Waals surface area contributed by atoms with Gasteiger partial charge in [-0.1, -0.05) is 29.8 Å². The average molecular weight is 347 g/mol. The van der Waals surface area contributed by atoms with Gasteiger partial charge in [0.1, 0.15) is 0 Å². The number of para-hydroxylation sites is 1. The number of hydrogen-bond donors (Lipinski definition) is 1. The van der Waals surface area contributed by atoms with Crippen molar-refractivity contribution < 1.29 is 4.79 Å². The van der Waals surface area contributed by atoms with Crippen LogP contribution in [0.4, 0.5) is 5.69 Å². The first-order valence-electron chi connectivity index (χ1n) is 6.91. The highest BCUT2D eigenvalue weighted by Gasteiger charge is 2.18. The zero-order valence-electron chi connectivity index (χ0n) is 12.3. The number of anilines is 1. The molecule has 3 nitrogen and oxygen atoms in total. The number of carbonyl (C=O) groups is 1. The van der Waals surface area contributed by atoms with Crippen molar-refractivity contribution in [2.24, 2.45) is 0 Å². The maximum atomic E-state index is 12.7. The van der Waals surface area contributed by atoms with E-state index < -0.39 is 0 Å². The second-order valence-corrected chi connectivity index (χ2v) is 5.86. The number of nitrogen functional groups attached to an aromatic ring is 1. The first kappa shape index (κ1) is 15.6. The summed E-state index contributed by atoms with van der Waals surface area (Å²) in [4.78, 5) is 14.5. The Hall–Kier alpha value is -1.81. The Kier molecular flexibility index (Phi) is 5.02. The molecule has 110 valence electrons. The van der Waals surface area contributed by atoms with E-state index in [0.717, 1.165) is 15.6 Å². The molecule has 0 bridgehead atoms. The maximum Gasteiger partial charge on any atom is 0.255 e. The number of hydrogen-bond acceptors (Lipinski definition) is 2. The van der Waals surface area contributed by atoms with Crippen LogP contribution in [0, 0.1) is 6.92 Å². The number of rotatable bonds is 4. The molecule has 0 heterocycles. The number of carbonyl (C=O) groups excluding carboxylic acids is 1. The summed E-state index contributed by atoms with van der Waals surface area (Å²) in [5, 5.41) is 0. The molecule has 0 saturated carbocycles. The molecule has 0 radical (unpaired) electrons. The first-order chi connectivity index (χ1) is 10.0. The van der Waals surface area contributed by atoms with Crippen LogP contribution in [0.25, 0.3) is 0 Å². The molecule has 0 aliphatic rings. The Morgan fingerprint density at radius 1 is 1.24 bits per heavy atom. The molecule has 0 unspecified atom stereocenters. The van der Waals surface area contributed by atoms with Crippen LogP contribution in [0.3, 0.4) is 0 Å². The molecule has 2 aromatic carbocycles. The Bertz CT molecular complexity index is 655. The van der Waals surface area contributed by atoms with Gasteiger partial charge in [-0.3, -0.25) is 4.79 Å². The first-order valence-corrected chi connectivity index (χ1v) is 7.71. The lowest BCUT2D eigenvalue weighted by Crippen LogP contribution is -2.31. The fourth-order valence-corrected chi connectivity index (χ4v) is 2.60. The smallest absolute Gasteiger partial charge is 0.255 e. The van der Waals surface area contributed by atoms with Gasteiger partial charge in [0.05, 0.1) is 5.56 Å². The molecule has 2 aromatic rings. The van der Waals surface area contributed by atoms with Gasteiger partial charge in [-0.15, -0.1) is 0 Å². The highest BCUT2D eigenvalue weighted by molar-refractivity contribution is 9.10. The van der Waals surface area contributed by atoms with Crippen LogP contribution in [0.1, 0.15) is 28.4 Å². The minimum Gasteiger partial charge on any atom is -0.398 e. The van der Waals surface area contributed by atoms with Gasteiger partial charge in [0, 0.05) is 23.2 Å². The van der Waals surface area contributed by atoms with Crippen LogP contribution in [0.2, 0.25) is 0 Å². The second kappa shape index (κ2) is 6.76. The van der Waals surface area contributed by atoms with Crippen molar-refractivity contribution in [3.8, 4) is 0 Å². The maximum absolute atomic E-state index is 12.7. The molecule has 0 aliphatic heterocycles. The summed E-state index contributed by atoms with van der Waals surface area (Å²) in [7, 11) is 0. The summed E-state index contributed by atoms with van der Waals surface area (Å²) < 4.78 is 0.817. The Labute approximate surface area is 133 Å². The Morgan fingerprint density at radius 2 is 1.95 bits per heavy atom. The highest BCUT2D eigenvalue weighted by Crippen LogP contribution is 2.22. The molecule has 0 spiro atoms. The van der Waals surface area contributed by atoms with Crippen molar-refractivity contribution in [3.63, 3.8) is 0 Å². The zero-order valence-corrected chi connectivity index (χ0v) is 13.9. The van der Waals surface area contributed by atoms with Crippen molar-refractivity contribution in [3.05, 3.63) is 63.6 Å². The number of nitrogens with zero attached hydrogens (tertiary/aromatic N) is 1. The predicted molar refractivity (Wildman–Crippen MR) is 90.1 cm³/mol. The minimum absolute atomic E-state index is 0.0105. The van der Waals surface area contributed by atoms with Gasteiger partial charge in [-0.2, -0.15) is 0 Å². The fraction of sp³-hybridized carbons (Fsp3) is 0.235. The number of aryl methyl sites for hydroxylation is 1. The summed E-state index contributed by atoms with van der Waals surface area (Å²) in [6, 6.07) is 13.4. The van der Waals surface area contributed by atoms with E-state index in [1.54, 1.807) is 4.90 Å². The van der Waals surface area contributed by atoms with E-state index >= 15 is 0 Å². The van der Waals surface area contributed by atoms with Gasteiger partial charge < -0.3 is 10.6 Å². The summed E-state index contributed by atoms with van der Waals surface area (Å²) in [6.45, 7) is 5.10. The van der Waals surface area contributed by atoms with Crippen molar-refractivity contribution in [1.82, 2.24) is 4.90 Å². The lowest BCUT2D eigenvalue weighted by atomic mass is 10.1. The normalized spacial score (nSPS) is 10.4. The second-order valence-electron chi connectivity index (χ2n) is 5.00. The van der Waals surface area contributed by atoms with E-state index in [4.69, 9.17) is 5.73 Å². The molecular weight excluding hydrogens is 328 g/mol. The third kappa shape index (κ3) is 3.64. The van der Waals surface area contributed by atoms with Crippen molar-refractivity contribution >= 4 is 27.5 Å². The minimum atomic E-state index is 0.0105. The van der Waals surface area contributed by atoms with E-state index in [-0.39, 0.29) is 5.91 Å². The quantitative estimate of drug-likeness (QED) is 0.850. The standard InChI is InChI=1S/C17H19BrN2O/c1-3-20(11-13-6-4-5-7-16(13)19)17(21)14-10-12(2)8-9-15(14)18/h4-10H,3,11,19H2,1-2H3. The molecule has 0 saturated heterocycles. The van der Waals surface area contributed by atoms with Gasteiger partial charge in [0.25, 0.3) is 5.91 Å². The topological polar surface area (TPSA) is 46.3 Å².